The first-order chi connectivity index (χ1) is 24.5. The van der Waals surface area contributed by atoms with E-state index in [9.17, 15) is 14.7 Å². The maximum Gasteiger partial charge on any atom is 0.254 e. The van der Waals surface area contributed by atoms with Crippen molar-refractivity contribution >= 4 is 29.2 Å². The van der Waals surface area contributed by atoms with Crippen LogP contribution in [-0.2, 0) is 6.54 Å². The van der Waals surface area contributed by atoms with Gasteiger partial charge in [-0.1, -0.05) is 42.5 Å². The van der Waals surface area contributed by atoms with Crippen LogP contribution in [0.3, 0.4) is 0 Å². The van der Waals surface area contributed by atoms with Crippen molar-refractivity contribution in [3.8, 4) is 34.1 Å². The molecule has 10 nitrogen and oxygen atoms in total. The Morgan fingerprint density at radius 3 is 2.36 bits per heavy atom. The van der Waals surface area contributed by atoms with E-state index < -0.39 is 0 Å². The number of piperidine rings is 1. The molecule has 1 saturated carbocycles. The number of nitrogens with two attached hydrogens (primary N) is 1. The van der Waals surface area contributed by atoms with Crippen LogP contribution in [0.5, 0.6) is 5.75 Å². The van der Waals surface area contributed by atoms with Crippen LogP contribution in [0.1, 0.15) is 52.0 Å². The van der Waals surface area contributed by atoms with E-state index in [1.54, 1.807) is 12.3 Å². The Morgan fingerprint density at radius 2 is 1.64 bits per heavy atom. The fourth-order valence-corrected chi connectivity index (χ4v) is 7.04. The van der Waals surface area contributed by atoms with Gasteiger partial charge in [0.1, 0.15) is 17.1 Å². The Morgan fingerprint density at radius 1 is 0.880 bits per heavy atom. The Hall–Kier alpha value is -5.87. The molecule has 3 aromatic carbocycles. The van der Waals surface area contributed by atoms with Crippen LogP contribution >= 0.6 is 0 Å². The van der Waals surface area contributed by atoms with Crippen LogP contribution in [-0.4, -0.2) is 71.8 Å². The number of phenols is 1. The summed E-state index contributed by atoms with van der Waals surface area (Å²) in [5.74, 6) is 0.918. The highest BCUT2D eigenvalue weighted by Gasteiger charge is 2.39. The zero-order chi connectivity index (χ0) is 34.2. The van der Waals surface area contributed by atoms with Crippen LogP contribution in [0.4, 0.5) is 5.82 Å². The molecule has 0 unspecified atom stereocenters. The lowest BCUT2D eigenvalue weighted by Gasteiger charge is -2.39. The second kappa shape index (κ2) is 13.2. The van der Waals surface area contributed by atoms with Gasteiger partial charge in [-0.2, -0.15) is 0 Å². The van der Waals surface area contributed by atoms with Crippen LogP contribution in [0.2, 0.25) is 0 Å². The number of carbonyl (C=O) groups is 2. The lowest BCUT2D eigenvalue weighted by molar-refractivity contribution is 0.0542. The number of hydrogen-bond acceptors (Lipinski definition) is 8. The number of phenolic OH excluding ortho intramolecular Hbond substituents is 1. The van der Waals surface area contributed by atoms with Crippen LogP contribution in [0.25, 0.3) is 39.5 Å². The van der Waals surface area contributed by atoms with Gasteiger partial charge in [0.25, 0.3) is 5.91 Å². The Bertz CT molecular complexity index is 2190. The summed E-state index contributed by atoms with van der Waals surface area (Å²) < 4.78 is 2.06. The summed E-state index contributed by atoms with van der Waals surface area (Å²) in [6, 6.07) is 31.3. The smallest absolute Gasteiger partial charge is 0.254 e. The number of aromatic hydroxyl groups is 1. The molecule has 250 valence electrons. The largest absolute Gasteiger partial charge is 0.507 e. The predicted molar refractivity (Wildman–Crippen MR) is 193 cm³/mol. The number of fused-ring (bicyclic) bond motifs is 1. The first kappa shape index (κ1) is 31.4. The number of amides is 1. The fraction of sp³-hybridized carbons (Fsp3) is 0.225. The first-order valence-electron chi connectivity index (χ1n) is 17.0. The van der Waals surface area contributed by atoms with Gasteiger partial charge in [-0.25, -0.2) is 15.0 Å². The average molecular weight is 664 g/mol. The number of pyridine rings is 2. The minimum absolute atomic E-state index is 0.0607. The standard InChI is InChI=1S/C40H37N7O3/c41-37-33(7-4-20-42-37)38-44-35-16-15-34(27-5-2-1-3-6-27)43-39(35)47(38)31-11-8-26(9-12-31)24-45-21-18-32(19-22-45)46(30-13-14-30)40(50)28-10-17-36(49)29(23-28)25-48/h1-12,15-17,20,23,25,30,32,49H,13-14,18-19,21-22,24H2,(H2,41,42). The van der Waals surface area contributed by atoms with Crippen molar-refractivity contribution in [2.45, 2.75) is 44.3 Å². The maximum absolute atomic E-state index is 13.6. The van der Waals surface area contributed by atoms with Gasteiger partial charge in [-0.05, 0) is 85.8 Å². The number of imidazole rings is 1. The molecule has 0 atom stereocenters. The number of carbonyl (C=O) groups excluding carboxylic acids is 2. The van der Waals surface area contributed by atoms with Crippen molar-refractivity contribution in [2.24, 2.45) is 0 Å². The summed E-state index contributed by atoms with van der Waals surface area (Å²) in [6.07, 6.45) is 6.03. The molecule has 3 N–H and O–H groups in total. The third kappa shape index (κ3) is 6.10. The van der Waals surface area contributed by atoms with Gasteiger partial charge >= 0.3 is 0 Å². The lowest BCUT2D eigenvalue weighted by atomic mass is 10.00. The molecule has 0 spiro atoms. The summed E-state index contributed by atoms with van der Waals surface area (Å²) in [4.78, 5) is 43.8. The van der Waals surface area contributed by atoms with Gasteiger partial charge in [0, 0.05) is 54.7 Å². The second-order valence-corrected chi connectivity index (χ2v) is 13.1. The van der Waals surface area contributed by atoms with E-state index >= 15 is 0 Å². The number of nitrogen functional groups attached to an aromatic ring is 1. The van der Waals surface area contributed by atoms with Crippen molar-refractivity contribution < 1.29 is 14.7 Å². The summed E-state index contributed by atoms with van der Waals surface area (Å²) in [6.45, 7) is 2.55. The molecule has 0 radical (unpaired) electrons. The minimum atomic E-state index is -0.110. The number of benzene rings is 3. The van der Waals surface area contributed by atoms with Crippen molar-refractivity contribution in [1.82, 2.24) is 29.3 Å². The number of hydrogen-bond donors (Lipinski definition) is 2. The fourth-order valence-electron chi connectivity index (χ4n) is 7.04. The molecule has 4 heterocycles. The van der Waals surface area contributed by atoms with E-state index in [1.165, 1.54) is 17.7 Å². The molecular formula is C40H37N7O3. The van der Waals surface area contributed by atoms with Crippen molar-refractivity contribution in [3.05, 3.63) is 120 Å². The summed E-state index contributed by atoms with van der Waals surface area (Å²) in [7, 11) is 0. The number of rotatable bonds is 9. The third-order valence-electron chi connectivity index (χ3n) is 9.78. The van der Waals surface area contributed by atoms with Crippen molar-refractivity contribution in [2.75, 3.05) is 18.8 Å². The highest BCUT2D eigenvalue weighted by molar-refractivity contribution is 5.97. The molecule has 1 aliphatic carbocycles. The zero-order valence-electron chi connectivity index (χ0n) is 27.5. The minimum Gasteiger partial charge on any atom is -0.507 e. The van der Waals surface area contributed by atoms with E-state index in [0.717, 1.165) is 79.0 Å². The average Bonchev–Trinajstić information content (AvgIpc) is 3.92. The topological polar surface area (TPSA) is 130 Å². The van der Waals surface area contributed by atoms with E-state index in [2.05, 4.69) is 38.7 Å². The normalized spacial score (nSPS) is 15.3. The number of nitrogens with zero attached hydrogens (tertiary/aromatic N) is 6. The molecule has 2 fully saturated rings. The Kier molecular flexibility index (Phi) is 8.30. The molecule has 1 saturated heterocycles. The SMILES string of the molecule is Nc1ncccc1-c1nc2ccc(-c3ccccc3)nc2n1-c1ccc(CN2CCC(N(C(=O)c3ccc(O)c(C=O)c3)C3CC3)CC2)cc1. The number of aldehydes is 1. The first-order valence-corrected chi connectivity index (χ1v) is 17.0. The number of likely N-dealkylation sites (tertiary alicyclic amines) is 1. The molecule has 6 aromatic rings. The van der Waals surface area contributed by atoms with Crippen molar-refractivity contribution in [1.29, 1.82) is 0 Å². The third-order valence-corrected chi connectivity index (χ3v) is 9.78. The van der Waals surface area contributed by atoms with E-state index in [-0.39, 0.29) is 29.3 Å². The molecule has 10 heteroatoms. The lowest BCUT2D eigenvalue weighted by Crippen LogP contribution is -2.48. The Labute approximate surface area is 289 Å². The molecule has 3 aromatic heterocycles. The Balaban J connectivity index is 1.01. The van der Waals surface area contributed by atoms with Gasteiger partial charge in [0.05, 0.1) is 16.8 Å². The van der Waals surface area contributed by atoms with E-state index in [4.69, 9.17) is 15.7 Å². The van der Waals surface area contributed by atoms with Crippen LogP contribution < -0.4 is 5.73 Å². The van der Waals surface area contributed by atoms with E-state index in [0.29, 0.717) is 23.5 Å². The predicted octanol–water partition coefficient (Wildman–Crippen LogP) is 6.52. The maximum atomic E-state index is 13.6. The van der Waals surface area contributed by atoms with Gasteiger partial charge < -0.3 is 15.7 Å². The molecular weight excluding hydrogens is 626 g/mol. The number of aromatic nitrogens is 4. The summed E-state index contributed by atoms with van der Waals surface area (Å²) >= 11 is 0. The molecule has 2 aliphatic rings. The monoisotopic (exact) mass is 663 g/mol. The van der Waals surface area contributed by atoms with E-state index in [1.807, 2.05) is 59.5 Å². The van der Waals surface area contributed by atoms with Crippen LogP contribution in [0.15, 0.2) is 103 Å². The molecule has 0 bridgehead atoms. The van der Waals surface area contributed by atoms with Gasteiger partial charge in [0.15, 0.2) is 17.8 Å². The highest BCUT2D eigenvalue weighted by Crippen LogP contribution is 2.35. The number of anilines is 1. The summed E-state index contributed by atoms with van der Waals surface area (Å²) in [5.41, 5.74) is 13.2. The quantitative estimate of drug-likeness (QED) is 0.167. The molecule has 1 aliphatic heterocycles. The second-order valence-electron chi connectivity index (χ2n) is 13.1. The highest BCUT2D eigenvalue weighted by atomic mass is 16.3. The summed E-state index contributed by atoms with van der Waals surface area (Å²) in [5, 5.41) is 9.92. The zero-order valence-corrected chi connectivity index (χ0v) is 27.5. The molecule has 50 heavy (non-hydrogen) atoms. The van der Waals surface area contributed by atoms with Gasteiger partial charge in [0.2, 0.25) is 0 Å². The molecule has 1 amide bonds. The van der Waals surface area contributed by atoms with Gasteiger partial charge in [-0.3, -0.25) is 19.1 Å². The van der Waals surface area contributed by atoms with Crippen LogP contribution in [0, 0.1) is 0 Å². The molecule has 8 rings (SSSR count). The van der Waals surface area contributed by atoms with Gasteiger partial charge in [-0.15, -0.1) is 0 Å². The van der Waals surface area contributed by atoms with Crippen molar-refractivity contribution in [3.63, 3.8) is 0 Å².